The Kier molecular flexibility index (Phi) is 1.61. The number of aromatic nitrogens is 2. The number of aliphatic hydroxyl groups is 1. The lowest BCUT2D eigenvalue weighted by Gasteiger charge is -1.94. The summed E-state index contributed by atoms with van der Waals surface area (Å²) in [7, 11) is 0. The van der Waals surface area contributed by atoms with Crippen molar-refractivity contribution in [2.75, 3.05) is 11.9 Å². The third-order valence-corrected chi connectivity index (χ3v) is 2.63. The summed E-state index contributed by atoms with van der Waals surface area (Å²) in [6.07, 6.45) is 0. The molecule has 0 fully saturated rings. The van der Waals surface area contributed by atoms with Crippen molar-refractivity contribution in [1.82, 2.24) is 9.55 Å². The molecule has 0 unspecified atom stereocenters. The normalized spacial score (nSPS) is 14.7. The Morgan fingerprint density at radius 1 is 1.73 bits per heavy atom. The van der Waals surface area contributed by atoms with Gasteiger partial charge in [0.15, 0.2) is 0 Å². The second-order valence-electron chi connectivity index (χ2n) is 2.41. The van der Waals surface area contributed by atoms with E-state index in [4.69, 9.17) is 5.11 Å². The number of hydrogen-bond donors (Lipinski definition) is 2. The molecule has 1 aliphatic heterocycles. The topological polar surface area (TPSA) is 50.1 Å². The van der Waals surface area contributed by atoms with Crippen LogP contribution in [0.1, 0.15) is 5.69 Å². The molecule has 0 atom stereocenters. The number of aliphatic hydroxyl groups excluding tert-OH is 1. The Morgan fingerprint density at radius 3 is 3.18 bits per heavy atom. The van der Waals surface area contributed by atoms with Crippen molar-refractivity contribution in [3.63, 3.8) is 0 Å². The Labute approximate surface area is 72.4 Å². The zero-order chi connectivity index (χ0) is 7.84. The molecule has 1 aromatic rings. The van der Waals surface area contributed by atoms with Gasteiger partial charge in [-0.2, -0.15) is 0 Å². The van der Waals surface area contributed by atoms with E-state index in [1.54, 1.807) is 0 Å². The fourth-order valence-corrected chi connectivity index (χ4v) is 1.76. The minimum atomic E-state index is -0.0116. The Hall–Kier alpha value is -0.550. The summed E-state index contributed by atoms with van der Waals surface area (Å²) in [4.78, 5) is 4.16. The molecule has 2 rings (SSSR count). The molecule has 5 heteroatoms. The molecule has 0 bridgehead atoms. The quantitative estimate of drug-likeness (QED) is 0.724. The average Bonchev–Trinajstić information content (AvgIpc) is 2.53. The van der Waals surface area contributed by atoms with Gasteiger partial charge in [0.25, 0.3) is 0 Å². The minimum Gasteiger partial charge on any atom is -0.390 e. The Morgan fingerprint density at radius 2 is 2.55 bits per heavy atom. The summed E-state index contributed by atoms with van der Waals surface area (Å²) in [6, 6.07) is 0. The summed E-state index contributed by atoms with van der Waals surface area (Å²) in [5.41, 5.74) is 0.701. The third-order valence-electron chi connectivity index (χ3n) is 1.74. The first-order chi connectivity index (χ1) is 5.33. The fourth-order valence-electron chi connectivity index (χ4n) is 1.20. The van der Waals surface area contributed by atoms with Crippen molar-refractivity contribution in [2.45, 2.75) is 13.2 Å². The molecule has 11 heavy (non-hydrogen) atoms. The number of nitrogens with zero attached hydrogens (tertiary/aromatic N) is 2. The van der Waals surface area contributed by atoms with Gasteiger partial charge in [-0.1, -0.05) is 0 Å². The highest BCUT2D eigenvalue weighted by Gasteiger charge is 2.17. The van der Waals surface area contributed by atoms with Gasteiger partial charge in [0.1, 0.15) is 10.3 Å². The number of imidazole rings is 1. The van der Waals surface area contributed by atoms with Gasteiger partial charge in [-0.15, -0.1) is 0 Å². The van der Waals surface area contributed by atoms with Crippen molar-refractivity contribution in [3.05, 3.63) is 10.3 Å². The molecule has 0 spiro atoms. The zero-order valence-electron chi connectivity index (χ0n) is 5.84. The molecule has 0 aromatic carbocycles. The monoisotopic (exact) mass is 217 g/mol. The lowest BCUT2D eigenvalue weighted by molar-refractivity contribution is 0.276. The molecule has 2 heterocycles. The van der Waals surface area contributed by atoms with E-state index >= 15 is 0 Å². The summed E-state index contributed by atoms with van der Waals surface area (Å²) in [5, 5.41) is 11.9. The first-order valence-electron chi connectivity index (χ1n) is 3.42. The maximum atomic E-state index is 8.84. The van der Waals surface area contributed by atoms with Crippen LogP contribution in [-0.4, -0.2) is 21.2 Å². The van der Waals surface area contributed by atoms with E-state index in [0.717, 1.165) is 23.6 Å². The highest BCUT2D eigenvalue weighted by molar-refractivity contribution is 9.10. The Balaban J connectivity index is 2.49. The lowest BCUT2D eigenvalue weighted by Crippen LogP contribution is -1.97. The molecule has 1 aliphatic rings. The highest BCUT2D eigenvalue weighted by atomic mass is 79.9. The molecule has 0 saturated heterocycles. The maximum absolute atomic E-state index is 8.84. The predicted octanol–water partition coefficient (Wildman–Crippen LogP) is 0.563. The summed E-state index contributed by atoms with van der Waals surface area (Å²) >= 11 is 3.36. The van der Waals surface area contributed by atoms with Crippen molar-refractivity contribution in [2.24, 2.45) is 0 Å². The maximum Gasteiger partial charge on any atom is 0.204 e. The molecule has 0 radical (unpaired) electrons. The summed E-state index contributed by atoms with van der Waals surface area (Å²) < 4.78 is 2.89. The molecule has 0 saturated carbocycles. The van der Waals surface area contributed by atoms with Gasteiger partial charge in [-0.05, 0) is 15.9 Å². The van der Waals surface area contributed by atoms with Gasteiger partial charge < -0.3 is 15.0 Å². The molecular weight excluding hydrogens is 210 g/mol. The van der Waals surface area contributed by atoms with Gasteiger partial charge >= 0.3 is 0 Å². The van der Waals surface area contributed by atoms with E-state index in [2.05, 4.69) is 26.2 Å². The van der Waals surface area contributed by atoms with Crippen molar-refractivity contribution in [3.8, 4) is 0 Å². The number of halogens is 1. The van der Waals surface area contributed by atoms with Crippen LogP contribution in [0.4, 0.5) is 5.95 Å². The largest absolute Gasteiger partial charge is 0.390 e. The molecule has 4 nitrogen and oxygen atoms in total. The highest BCUT2D eigenvalue weighted by Crippen LogP contribution is 2.24. The average molecular weight is 218 g/mol. The van der Waals surface area contributed by atoms with Crippen LogP contribution in [0, 0.1) is 0 Å². The zero-order valence-corrected chi connectivity index (χ0v) is 7.43. The van der Waals surface area contributed by atoms with Gasteiger partial charge in [0.2, 0.25) is 5.95 Å². The van der Waals surface area contributed by atoms with Crippen molar-refractivity contribution in [1.29, 1.82) is 0 Å². The number of nitrogens with one attached hydrogen (secondary N) is 1. The van der Waals surface area contributed by atoms with Crippen molar-refractivity contribution < 1.29 is 5.11 Å². The minimum absolute atomic E-state index is 0.0116. The second kappa shape index (κ2) is 2.49. The standard InChI is InChI=1S/C6H8BrN3O/c7-5-4(3-11)9-6-8-1-2-10(5)6/h11H,1-3H2,(H,8,9). The van der Waals surface area contributed by atoms with Gasteiger partial charge in [-0.3, -0.25) is 0 Å². The molecule has 60 valence electrons. The van der Waals surface area contributed by atoms with E-state index in [-0.39, 0.29) is 6.61 Å². The van der Waals surface area contributed by atoms with Crippen LogP contribution >= 0.6 is 15.9 Å². The molecule has 1 aromatic heterocycles. The lowest BCUT2D eigenvalue weighted by atomic mass is 10.5. The van der Waals surface area contributed by atoms with Crippen LogP contribution < -0.4 is 5.32 Å². The van der Waals surface area contributed by atoms with E-state index in [9.17, 15) is 0 Å². The predicted molar refractivity (Wildman–Crippen MR) is 44.3 cm³/mol. The summed E-state index contributed by atoms with van der Waals surface area (Å²) in [5.74, 6) is 0.848. The van der Waals surface area contributed by atoms with E-state index in [1.165, 1.54) is 0 Å². The number of hydrogen-bond acceptors (Lipinski definition) is 3. The van der Waals surface area contributed by atoms with E-state index in [1.807, 2.05) is 4.57 Å². The van der Waals surface area contributed by atoms with Crippen LogP contribution in [0.5, 0.6) is 0 Å². The Bertz CT molecular complexity index is 283. The molecule has 2 N–H and O–H groups in total. The number of fused-ring (bicyclic) bond motifs is 1. The summed E-state index contributed by atoms with van der Waals surface area (Å²) in [6.45, 7) is 1.83. The first kappa shape index (κ1) is 7.12. The van der Waals surface area contributed by atoms with Gasteiger partial charge in [0.05, 0.1) is 6.61 Å². The number of rotatable bonds is 1. The van der Waals surface area contributed by atoms with Crippen LogP contribution in [0.25, 0.3) is 0 Å². The van der Waals surface area contributed by atoms with Gasteiger partial charge in [0, 0.05) is 13.1 Å². The van der Waals surface area contributed by atoms with E-state index in [0.29, 0.717) is 5.69 Å². The van der Waals surface area contributed by atoms with Crippen molar-refractivity contribution >= 4 is 21.9 Å². The second-order valence-corrected chi connectivity index (χ2v) is 3.16. The first-order valence-corrected chi connectivity index (χ1v) is 4.22. The molecule has 0 amide bonds. The van der Waals surface area contributed by atoms with Crippen LogP contribution in [-0.2, 0) is 13.2 Å². The molecule has 0 aliphatic carbocycles. The number of anilines is 1. The van der Waals surface area contributed by atoms with Crippen LogP contribution in [0.2, 0.25) is 0 Å². The van der Waals surface area contributed by atoms with Crippen LogP contribution in [0.3, 0.4) is 0 Å². The SMILES string of the molecule is OCc1nc2n(c1Br)CCN2. The van der Waals surface area contributed by atoms with Gasteiger partial charge in [-0.25, -0.2) is 4.98 Å². The van der Waals surface area contributed by atoms with E-state index < -0.39 is 0 Å². The fraction of sp³-hybridized carbons (Fsp3) is 0.500. The third kappa shape index (κ3) is 0.954. The molecular formula is C6H8BrN3O. The van der Waals surface area contributed by atoms with Crippen LogP contribution in [0.15, 0.2) is 4.60 Å². The smallest absolute Gasteiger partial charge is 0.204 e.